The van der Waals surface area contributed by atoms with Crippen LogP contribution in [0.15, 0.2) is 18.2 Å². The topological polar surface area (TPSA) is 57.5 Å². The number of carboxylic acid groups (broad SMARTS) is 1. The molecule has 0 aliphatic carbocycles. The minimum absolute atomic E-state index is 0.297. The van der Waals surface area contributed by atoms with Crippen molar-refractivity contribution in [3.8, 4) is 0 Å². The molecule has 0 saturated heterocycles. The number of aliphatic hydroxyl groups excluding tert-OH is 1. The van der Waals surface area contributed by atoms with Gasteiger partial charge in [-0.25, -0.2) is 0 Å². The highest BCUT2D eigenvalue weighted by atomic mass is 35.5. The summed E-state index contributed by atoms with van der Waals surface area (Å²) in [6, 6.07) is 4.54. The van der Waals surface area contributed by atoms with E-state index in [0.29, 0.717) is 15.6 Å². The molecule has 1 aromatic carbocycles. The maximum Gasteiger partial charge on any atom is 0.309 e. The summed E-state index contributed by atoms with van der Waals surface area (Å²) < 4.78 is 0. The zero-order valence-electron chi connectivity index (χ0n) is 7.95. The van der Waals surface area contributed by atoms with E-state index in [1.807, 2.05) is 0 Å². The quantitative estimate of drug-likeness (QED) is 0.865. The average molecular weight is 249 g/mol. The molecule has 0 saturated carbocycles. The van der Waals surface area contributed by atoms with Crippen LogP contribution in [0.25, 0.3) is 0 Å². The summed E-state index contributed by atoms with van der Waals surface area (Å²) in [5.74, 6) is -1.95. The molecule has 2 atom stereocenters. The summed E-state index contributed by atoms with van der Waals surface area (Å²) in [6.07, 6.45) is -1.09. The smallest absolute Gasteiger partial charge is 0.309 e. The number of halogens is 2. The van der Waals surface area contributed by atoms with Gasteiger partial charge in [0.1, 0.15) is 0 Å². The number of aliphatic carboxylic acids is 1. The van der Waals surface area contributed by atoms with Crippen molar-refractivity contribution in [2.24, 2.45) is 5.92 Å². The van der Waals surface area contributed by atoms with Gasteiger partial charge in [0, 0.05) is 0 Å². The van der Waals surface area contributed by atoms with Crippen LogP contribution in [0.4, 0.5) is 0 Å². The molecule has 3 nitrogen and oxygen atoms in total. The van der Waals surface area contributed by atoms with Crippen LogP contribution in [-0.4, -0.2) is 16.2 Å². The van der Waals surface area contributed by atoms with Crippen LogP contribution < -0.4 is 0 Å². The predicted molar refractivity (Wildman–Crippen MR) is 58.2 cm³/mol. The number of hydrogen-bond acceptors (Lipinski definition) is 2. The van der Waals surface area contributed by atoms with Gasteiger partial charge in [-0.3, -0.25) is 4.79 Å². The van der Waals surface area contributed by atoms with Gasteiger partial charge < -0.3 is 10.2 Å². The normalized spacial score (nSPS) is 14.7. The minimum atomic E-state index is -1.09. The summed E-state index contributed by atoms with van der Waals surface area (Å²) in [4.78, 5) is 10.6. The molecule has 0 amide bonds. The van der Waals surface area contributed by atoms with Crippen LogP contribution in [0.1, 0.15) is 18.6 Å². The Balaban J connectivity index is 2.96. The van der Waals surface area contributed by atoms with Crippen molar-refractivity contribution in [3.63, 3.8) is 0 Å². The van der Waals surface area contributed by atoms with Crippen molar-refractivity contribution in [3.05, 3.63) is 33.8 Å². The zero-order valence-corrected chi connectivity index (χ0v) is 9.46. The summed E-state index contributed by atoms with van der Waals surface area (Å²) >= 11 is 11.4. The number of aliphatic hydroxyl groups is 1. The van der Waals surface area contributed by atoms with Gasteiger partial charge in [-0.05, 0) is 24.6 Å². The highest BCUT2D eigenvalue weighted by molar-refractivity contribution is 6.42. The van der Waals surface area contributed by atoms with E-state index < -0.39 is 18.0 Å². The van der Waals surface area contributed by atoms with E-state index in [4.69, 9.17) is 28.3 Å². The standard InChI is InChI=1S/C10H10Cl2O3/c1-5(10(14)15)9(13)6-2-3-7(11)8(12)4-6/h2-5,9,13H,1H3,(H,14,15)/t5-,9-/m1/s1. The van der Waals surface area contributed by atoms with Gasteiger partial charge in [-0.1, -0.05) is 29.3 Å². The molecule has 1 aromatic rings. The van der Waals surface area contributed by atoms with Crippen molar-refractivity contribution in [2.75, 3.05) is 0 Å². The van der Waals surface area contributed by atoms with Crippen molar-refractivity contribution in [2.45, 2.75) is 13.0 Å². The first-order chi connectivity index (χ1) is 6.93. The molecule has 82 valence electrons. The number of rotatable bonds is 3. The lowest BCUT2D eigenvalue weighted by Crippen LogP contribution is -2.18. The van der Waals surface area contributed by atoms with Crippen LogP contribution >= 0.6 is 23.2 Å². The first-order valence-electron chi connectivity index (χ1n) is 4.29. The zero-order chi connectivity index (χ0) is 11.6. The number of carboxylic acids is 1. The van der Waals surface area contributed by atoms with Crippen LogP contribution in [0.2, 0.25) is 10.0 Å². The molecule has 0 radical (unpaired) electrons. The SMILES string of the molecule is C[C@@H](C(=O)O)[C@@H](O)c1ccc(Cl)c(Cl)c1. The second-order valence-electron chi connectivity index (χ2n) is 3.25. The number of benzene rings is 1. The Morgan fingerprint density at radius 3 is 2.40 bits per heavy atom. The molecule has 0 fully saturated rings. The second kappa shape index (κ2) is 4.84. The van der Waals surface area contributed by atoms with E-state index in [9.17, 15) is 9.90 Å². The van der Waals surface area contributed by atoms with Gasteiger partial charge in [-0.15, -0.1) is 0 Å². The first kappa shape index (κ1) is 12.3. The predicted octanol–water partition coefficient (Wildman–Crippen LogP) is 2.75. The van der Waals surface area contributed by atoms with Gasteiger partial charge in [0.05, 0.1) is 22.1 Å². The van der Waals surface area contributed by atoms with E-state index in [0.717, 1.165) is 0 Å². The molecular weight excluding hydrogens is 239 g/mol. The molecule has 5 heteroatoms. The first-order valence-corrected chi connectivity index (χ1v) is 5.05. The van der Waals surface area contributed by atoms with Crippen molar-refractivity contribution in [1.82, 2.24) is 0 Å². The summed E-state index contributed by atoms with van der Waals surface area (Å²) in [5, 5.41) is 19.1. The van der Waals surface area contributed by atoms with Gasteiger partial charge in [0.25, 0.3) is 0 Å². The highest BCUT2D eigenvalue weighted by Gasteiger charge is 2.23. The van der Waals surface area contributed by atoms with Gasteiger partial charge in [0.2, 0.25) is 0 Å². The molecule has 0 aliphatic heterocycles. The molecule has 1 rings (SSSR count). The molecule has 0 spiro atoms. The average Bonchev–Trinajstić information content (AvgIpc) is 2.19. The Hall–Kier alpha value is -0.770. The summed E-state index contributed by atoms with van der Waals surface area (Å²) in [5.41, 5.74) is 0.444. The maximum absolute atomic E-state index is 10.6. The van der Waals surface area contributed by atoms with Crippen molar-refractivity contribution >= 4 is 29.2 Å². The fourth-order valence-electron chi connectivity index (χ4n) is 1.12. The van der Waals surface area contributed by atoms with E-state index >= 15 is 0 Å². The molecule has 2 N–H and O–H groups in total. The largest absolute Gasteiger partial charge is 0.481 e. The third-order valence-electron chi connectivity index (χ3n) is 2.15. The van der Waals surface area contributed by atoms with Gasteiger partial charge in [-0.2, -0.15) is 0 Å². The fourth-order valence-corrected chi connectivity index (χ4v) is 1.43. The highest BCUT2D eigenvalue weighted by Crippen LogP contribution is 2.28. The minimum Gasteiger partial charge on any atom is -0.481 e. The van der Waals surface area contributed by atoms with Crippen LogP contribution in [0, 0.1) is 5.92 Å². The third-order valence-corrected chi connectivity index (χ3v) is 2.89. The summed E-state index contributed by atoms with van der Waals surface area (Å²) in [6.45, 7) is 1.43. The molecule has 0 aromatic heterocycles. The van der Waals surface area contributed by atoms with E-state index in [1.165, 1.54) is 19.1 Å². The Morgan fingerprint density at radius 2 is 1.93 bits per heavy atom. The number of carbonyl (C=O) groups is 1. The lowest BCUT2D eigenvalue weighted by molar-refractivity contribution is -0.145. The van der Waals surface area contributed by atoms with E-state index in [-0.39, 0.29) is 0 Å². The van der Waals surface area contributed by atoms with E-state index in [1.54, 1.807) is 6.07 Å². The third kappa shape index (κ3) is 2.84. The van der Waals surface area contributed by atoms with Gasteiger partial charge >= 0.3 is 5.97 Å². The van der Waals surface area contributed by atoms with E-state index in [2.05, 4.69) is 0 Å². The van der Waals surface area contributed by atoms with Crippen LogP contribution in [0.3, 0.4) is 0 Å². The van der Waals surface area contributed by atoms with Crippen LogP contribution in [-0.2, 0) is 4.79 Å². The monoisotopic (exact) mass is 248 g/mol. The Kier molecular flexibility index (Phi) is 3.97. The lowest BCUT2D eigenvalue weighted by Gasteiger charge is -2.15. The molecule has 0 unspecified atom stereocenters. The fraction of sp³-hybridized carbons (Fsp3) is 0.300. The Labute approximate surface area is 97.2 Å². The Morgan fingerprint density at radius 1 is 1.33 bits per heavy atom. The lowest BCUT2D eigenvalue weighted by atomic mass is 9.98. The second-order valence-corrected chi connectivity index (χ2v) is 4.06. The summed E-state index contributed by atoms with van der Waals surface area (Å²) in [7, 11) is 0. The Bertz CT molecular complexity index is 379. The maximum atomic E-state index is 10.6. The van der Waals surface area contributed by atoms with Crippen molar-refractivity contribution in [1.29, 1.82) is 0 Å². The number of hydrogen-bond donors (Lipinski definition) is 2. The van der Waals surface area contributed by atoms with Crippen LogP contribution in [0.5, 0.6) is 0 Å². The van der Waals surface area contributed by atoms with Crippen molar-refractivity contribution < 1.29 is 15.0 Å². The molecule has 0 aliphatic rings. The molecule has 0 bridgehead atoms. The molecule has 0 heterocycles. The van der Waals surface area contributed by atoms with Gasteiger partial charge in [0.15, 0.2) is 0 Å². The molecule has 15 heavy (non-hydrogen) atoms. The molecular formula is C10H10Cl2O3.